The molecule has 5 nitrogen and oxygen atoms in total. The molecule has 0 radical (unpaired) electrons. The molecule has 1 N–H and O–H groups in total. The van der Waals surface area contributed by atoms with Crippen LogP contribution in [0.25, 0.3) is 5.69 Å². The summed E-state index contributed by atoms with van der Waals surface area (Å²) in [7, 11) is 1.61. The van der Waals surface area contributed by atoms with Crippen molar-refractivity contribution in [3.8, 4) is 11.4 Å². The number of benzene rings is 2. The van der Waals surface area contributed by atoms with Gasteiger partial charge >= 0.3 is 0 Å². The zero-order valence-electron chi connectivity index (χ0n) is 13.9. The molecule has 0 bridgehead atoms. The van der Waals surface area contributed by atoms with Gasteiger partial charge in [0.2, 0.25) is 0 Å². The molecule has 0 saturated heterocycles. The molecule has 3 aromatic rings. The number of methoxy groups -OCH3 is 1. The van der Waals surface area contributed by atoms with E-state index in [0.717, 1.165) is 16.9 Å². The van der Waals surface area contributed by atoms with Gasteiger partial charge in [-0.3, -0.25) is 14.9 Å². The monoisotopic (exact) mass is 321 g/mol. The standard InChI is InChI=1S/C19H19N3O2/c1-13-9-10-17(18(11-13)24-3)20-12-16-14(2)21-22(19(16)23)15-7-5-4-6-8-15/h4-12,21H,1-3H3. The molecular weight excluding hydrogens is 302 g/mol. The lowest BCUT2D eigenvalue weighted by Crippen LogP contribution is -2.17. The van der Waals surface area contributed by atoms with E-state index in [4.69, 9.17) is 4.74 Å². The number of hydrogen-bond donors (Lipinski definition) is 1. The molecule has 0 fully saturated rings. The number of nitrogens with one attached hydrogen (secondary N) is 1. The molecule has 0 aliphatic carbocycles. The van der Waals surface area contributed by atoms with Gasteiger partial charge in [-0.25, -0.2) is 4.68 Å². The summed E-state index contributed by atoms with van der Waals surface area (Å²) in [6.45, 7) is 3.85. The van der Waals surface area contributed by atoms with Crippen LogP contribution in [0.2, 0.25) is 0 Å². The van der Waals surface area contributed by atoms with Crippen LogP contribution in [-0.4, -0.2) is 23.1 Å². The van der Waals surface area contributed by atoms with Gasteiger partial charge in [-0.15, -0.1) is 0 Å². The molecular formula is C19H19N3O2. The second-order valence-corrected chi connectivity index (χ2v) is 5.56. The van der Waals surface area contributed by atoms with Crippen molar-refractivity contribution in [3.63, 3.8) is 0 Å². The Morgan fingerprint density at radius 3 is 2.58 bits per heavy atom. The van der Waals surface area contributed by atoms with Gasteiger partial charge in [-0.1, -0.05) is 24.3 Å². The van der Waals surface area contributed by atoms with E-state index in [0.29, 0.717) is 17.0 Å². The molecule has 2 aromatic carbocycles. The number of rotatable bonds is 4. The first-order valence-corrected chi connectivity index (χ1v) is 7.66. The summed E-state index contributed by atoms with van der Waals surface area (Å²) >= 11 is 0. The zero-order chi connectivity index (χ0) is 17.1. The van der Waals surface area contributed by atoms with E-state index in [9.17, 15) is 4.79 Å². The maximum Gasteiger partial charge on any atom is 0.280 e. The molecule has 0 unspecified atom stereocenters. The van der Waals surface area contributed by atoms with Crippen LogP contribution in [-0.2, 0) is 0 Å². The fourth-order valence-corrected chi connectivity index (χ4v) is 2.50. The number of hydrogen-bond acceptors (Lipinski definition) is 3. The summed E-state index contributed by atoms with van der Waals surface area (Å²) in [5, 5.41) is 3.08. The van der Waals surface area contributed by atoms with Crippen LogP contribution in [0.15, 0.2) is 58.3 Å². The van der Waals surface area contributed by atoms with Crippen LogP contribution in [0.5, 0.6) is 5.75 Å². The average molecular weight is 321 g/mol. The Labute approximate surface area is 140 Å². The SMILES string of the molecule is COc1cc(C)ccc1N=Cc1c(C)[nH]n(-c2ccccc2)c1=O. The first kappa shape index (κ1) is 15.8. The van der Waals surface area contributed by atoms with Gasteiger partial charge < -0.3 is 4.74 Å². The van der Waals surface area contributed by atoms with E-state index in [1.165, 1.54) is 4.68 Å². The van der Waals surface area contributed by atoms with Crippen molar-refractivity contribution < 1.29 is 4.74 Å². The lowest BCUT2D eigenvalue weighted by Gasteiger charge is -2.04. The van der Waals surface area contributed by atoms with E-state index < -0.39 is 0 Å². The van der Waals surface area contributed by atoms with Crippen LogP contribution in [0.3, 0.4) is 0 Å². The van der Waals surface area contributed by atoms with Gasteiger partial charge in [0.05, 0.1) is 18.4 Å². The van der Waals surface area contributed by atoms with Gasteiger partial charge in [0, 0.05) is 11.9 Å². The highest BCUT2D eigenvalue weighted by molar-refractivity contribution is 5.83. The van der Waals surface area contributed by atoms with Crippen molar-refractivity contribution in [3.05, 3.63) is 75.7 Å². The summed E-state index contributed by atoms with van der Waals surface area (Å²) < 4.78 is 6.86. The van der Waals surface area contributed by atoms with Crippen molar-refractivity contribution >= 4 is 11.9 Å². The third-order valence-electron chi connectivity index (χ3n) is 3.80. The predicted octanol–water partition coefficient (Wildman–Crippen LogP) is 3.54. The van der Waals surface area contributed by atoms with Crippen LogP contribution in [0.4, 0.5) is 5.69 Å². The number of aryl methyl sites for hydroxylation is 2. The lowest BCUT2D eigenvalue weighted by atomic mass is 10.2. The molecule has 0 saturated carbocycles. The minimum atomic E-state index is -0.131. The highest BCUT2D eigenvalue weighted by Crippen LogP contribution is 2.27. The van der Waals surface area contributed by atoms with Gasteiger partial charge in [0.15, 0.2) is 0 Å². The molecule has 122 valence electrons. The number of para-hydroxylation sites is 1. The number of aromatic nitrogens is 2. The average Bonchev–Trinajstić information content (AvgIpc) is 2.89. The Balaban J connectivity index is 2.00. The highest BCUT2D eigenvalue weighted by atomic mass is 16.5. The Morgan fingerprint density at radius 1 is 1.12 bits per heavy atom. The first-order valence-electron chi connectivity index (χ1n) is 7.66. The van der Waals surface area contributed by atoms with Crippen LogP contribution in [0.1, 0.15) is 16.8 Å². The quantitative estimate of drug-likeness (QED) is 0.747. The van der Waals surface area contributed by atoms with E-state index in [1.54, 1.807) is 13.3 Å². The predicted molar refractivity (Wildman–Crippen MR) is 96.1 cm³/mol. The van der Waals surface area contributed by atoms with E-state index in [-0.39, 0.29) is 5.56 Å². The second kappa shape index (κ2) is 6.58. The van der Waals surface area contributed by atoms with Gasteiger partial charge in [0.1, 0.15) is 11.4 Å². The van der Waals surface area contributed by atoms with Crippen molar-refractivity contribution in [2.24, 2.45) is 4.99 Å². The number of nitrogens with zero attached hydrogens (tertiary/aromatic N) is 2. The number of ether oxygens (including phenoxy) is 1. The largest absolute Gasteiger partial charge is 0.494 e. The molecule has 24 heavy (non-hydrogen) atoms. The Kier molecular flexibility index (Phi) is 4.33. The van der Waals surface area contributed by atoms with E-state index >= 15 is 0 Å². The minimum Gasteiger partial charge on any atom is -0.494 e. The van der Waals surface area contributed by atoms with Gasteiger partial charge in [-0.2, -0.15) is 0 Å². The van der Waals surface area contributed by atoms with E-state index in [1.807, 2.05) is 62.4 Å². The molecule has 0 spiro atoms. The first-order chi connectivity index (χ1) is 11.6. The summed E-state index contributed by atoms with van der Waals surface area (Å²) in [5.74, 6) is 0.683. The Hall–Kier alpha value is -3.08. The van der Waals surface area contributed by atoms with Crippen LogP contribution in [0, 0.1) is 13.8 Å². The molecule has 1 heterocycles. The summed E-state index contributed by atoms with van der Waals surface area (Å²) in [5.41, 5.74) is 3.73. The van der Waals surface area contributed by atoms with Crippen molar-refractivity contribution in [2.75, 3.05) is 7.11 Å². The normalized spacial score (nSPS) is 11.1. The number of H-pyrrole nitrogens is 1. The minimum absolute atomic E-state index is 0.131. The number of aromatic amines is 1. The third kappa shape index (κ3) is 3.01. The topological polar surface area (TPSA) is 59.4 Å². The maximum atomic E-state index is 12.6. The fourth-order valence-electron chi connectivity index (χ4n) is 2.50. The van der Waals surface area contributed by atoms with Crippen LogP contribution < -0.4 is 10.3 Å². The molecule has 0 aliphatic rings. The molecule has 5 heteroatoms. The summed E-state index contributed by atoms with van der Waals surface area (Å²) in [6, 6.07) is 15.2. The molecule has 0 aliphatic heterocycles. The molecule has 0 amide bonds. The van der Waals surface area contributed by atoms with Crippen molar-refractivity contribution in [1.82, 2.24) is 9.78 Å². The van der Waals surface area contributed by atoms with Crippen LogP contribution >= 0.6 is 0 Å². The van der Waals surface area contributed by atoms with Crippen molar-refractivity contribution in [1.29, 1.82) is 0 Å². The molecule has 0 atom stereocenters. The third-order valence-corrected chi connectivity index (χ3v) is 3.80. The Morgan fingerprint density at radius 2 is 1.88 bits per heavy atom. The smallest absolute Gasteiger partial charge is 0.280 e. The van der Waals surface area contributed by atoms with E-state index in [2.05, 4.69) is 10.1 Å². The summed E-state index contributed by atoms with van der Waals surface area (Å²) in [6.07, 6.45) is 1.58. The lowest BCUT2D eigenvalue weighted by molar-refractivity contribution is 0.416. The fraction of sp³-hybridized carbons (Fsp3) is 0.158. The number of aliphatic imine (C=N–C) groups is 1. The van der Waals surface area contributed by atoms with Crippen molar-refractivity contribution in [2.45, 2.75) is 13.8 Å². The Bertz CT molecular complexity index is 937. The molecule has 1 aromatic heterocycles. The zero-order valence-corrected chi connectivity index (χ0v) is 13.9. The molecule has 3 rings (SSSR count). The maximum absolute atomic E-state index is 12.6. The highest BCUT2D eigenvalue weighted by Gasteiger charge is 2.10. The van der Waals surface area contributed by atoms with Gasteiger partial charge in [0.25, 0.3) is 5.56 Å². The van der Waals surface area contributed by atoms with Gasteiger partial charge in [-0.05, 0) is 43.7 Å². The summed E-state index contributed by atoms with van der Waals surface area (Å²) in [4.78, 5) is 17.1. The second-order valence-electron chi connectivity index (χ2n) is 5.56.